The molecule has 1 heterocycles. The first kappa shape index (κ1) is 21.6. The van der Waals surface area contributed by atoms with Crippen molar-refractivity contribution in [2.45, 2.75) is 39.8 Å². The minimum absolute atomic E-state index is 0.182. The molecule has 0 spiro atoms. The summed E-state index contributed by atoms with van der Waals surface area (Å²) >= 11 is 0. The Hall–Kier alpha value is -3.60. The summed E-state index contributed by atoms with van der Waals surface area (Å²) in [4.78, 5) is 11.6. The van der Waals surface area contributed by atoms with Crippen LogP contribution in [0.25, 0.3) is 11.0 Å². The van der Waals surface area contributed by atoms with Crippen molar-refractivity contribution in [1.29, 1.82) is 5.41 Å². The lowest BCUT2D eigenvalue weighted by molar-refractivity contribution is -0.142. The van der Waals surface area contributed by atoms with Gasteiger partial charge in [-0.1, -0.05) is 71.8 Å². The number of carbonyl (C=O) groups excluding carboxylic acids is 1. The SMILES string of the molecule is CC(=O)OCC(Cc1ccc(C)cc1)n1c(=N)n(Cc2ccc(C)cc2)c2ccccc21. The van der Waals surface area contributed by atoms with Crippen LogP contribution in [0.15, 0.2) is 72.8 Å². The molecule has 0 saturated carbocycles. The van der Waals surface area contributed by atoms with Crippen LogP contribution in [-0.4, -0.2) is 21.7 Å². The molecule has 5 heteroatoms. The minimum Gasteiger partial charge on any atom is -0.464 e. The van der Waals surface area contributed by atoms with Crippen LogP contribution in [0.5, 0.6) is 0 Å². The van der Waals surface area contributed by atoms with Gasteiger partial charge in [0.1, 0.15) is 6.61 Å². The number of aryl methyl sites for hydroxylation is 2. The van der Waals surface area contributed by atoms with Gasteiger partial charge in [0.05, 0.1) is 23.6 Å². The van der Waals surface area contributed by atoms with Crippen LogP contribution in [-0.2, 0) is 22.5 Å². The van der Waals surface area contributed by atoms with Crippen molar-refractivity contribution in [3.05, 3.63) is 101 Å². The van der Waals surface area contributed by atoms with E-state index in [1.54, 1.807) is 0 Å². The summed E-state index contributed by atoms with van der Waals surface area (Å²) in [6.07, 6.45) is 0.669. The monoisotopic (exact) mass is 427 g/mol. The third-order valence-electron chi connectivity index (χ3n) is 5.81. The molecule has 4 aromatic rings. The summed E-state index contributed by atoms with van der Waals surface area (Å²) in [6.45, 7) is 6.39. The number of para-hydroxylation sites is 2. The number of hydrogen-bond donors (Lipinski definition) is 1. The van der Waals surface area contributed by atoms with Gasteiger partial charge in [0.2, 0.25) is 5.62 Å². The molecule has 0 radical (unpaired) electrons. The zero-order chi connectivity index (χ0) is 22.7. The van der Waals surface area contributed by atoms with Crippen molar-refractivity contribution in [3.63, 3.8) is 0 Å². The van der Waals surface area contributed by atoms with E-state index in [9.17, 15) is 4.79 Å². The number of nitrogens with one attached hydrogen (secondary N) is 1. The molecule has 0 bridgehead atoms. The average Bonchev–Trinajstić information content (AvgIpc) is 3.05. The lowest BCUT2D eigenvalue weighted by Gasteiger charge is -2.20. The number of aromatic nitrogens is 2. The molecule has 164 valence electrons. The first-order valence-electron chi connectivity index (χ1n) is 10.9. The predicted molar refractivity (Wildman–Crippen MR) is 127 cm³/mol. The van der Waals surface area contributed by atoms with Gasteiger partial charge in [-0.05, 0) is 43.5 Å². The largest absolute Gasteiger partial charge is 0.464 e. The number of benzene rings is 3. The van der Waals surface area contributed by atoms with Crippen molar-refractivity contribution in [2.24, 2.45) is 0 Å². The van der Waals surface area contributed by atoms with E-state index in [0.29, 0.717) is 18.6 Å². The Morgan fingerprint density at radius 2 is 1.44 bits per heavy atom. The molecule has 0 amide bonds. The van der Waals surface area contributed by atoms with Crippen LogP contribution in [0.3, 0.4) is 0 Å². The van der Waals surface area contributed by atoms with Crippen molar-refractivity contribution < 1.29 is 9.53 Å². The van der Waals surface area contributed by atoms with E-state index in [4.69, 9.17) is 10.1 Å². The summed E-state index contributed by atoms with van der Waals surface area (Å²) in [5.74, 6) is -0.311. The van der Waals surface area contributed by atoms with Crippen molar-refractivity contribution >= 4 is 17.0 Å². The van der Waals surface area contributed by atoms with E-state index in [-0.39, 0.29) is 18.6 Å². The number of ether oxygens (including phenoxy) is 1. The van der Waals surface area contributed by atoms with Crippen LogP contribution in [0, 0.1) is 19.3 Å². The molecular weight excluding hydrogens is 398 g/mol. The summed E-state index contributed by atoms with van der Waals surface area (Å²) in [6, 6.07) is 24.7. The lowest BCUT2D eigenvalue weighted by atomic mass is 10.0. The Balaban J connectivity index is 1.79. The number of nitrogens with zero attached hydrogens (tertiary/aromatic N) is 2. The van der Waals surface area contributed by atoms with Gasteiger partial charge in [-0.15, -0.1) is 0 Å². The van der Waals surface area contributed by atoms with Crippen LogP contribution in [0.1, 0.15) is 35.2 Å². The van der Waals surface area contributed by atoms with E-state index in [2.05, 4.69) is 62.4 Å². The second-order valence-electron chi connectivity index (χ2n) is 8.40. The minimum atomic E-state index is -0.311. The molecule has 0 aliphatic heterocycles. The normalized spacial score (nSPS) is 12.1. The first-order chi connectivity index (χ1) is 15.4. The maximum atomic E-state index is 11.6. The van der Waals surface area contributed by atoms with Gasteiger partial charge in [0.15, 0.2) is 0 Å². The topological polar surface area (TPSA) is 60.0 Å². The first-order valence-corrected chi connectivity index (χ1v) is 10.9. The van der Waals surface area contributed by atoms with E-state index in [0.717, 1.165) is 22.2 Å². The summed E-state index contributed by atoms with van der Waals surface area (Å²) in [5.41, 5.74) is 7.07. The highest BCUT2D eigenvalue weighted by atomic mass is 16.5. The van der Waals surface area contributed by atoms with E-state index < -0.39 is 0 Å². The summed E-state index contributed by atoms with van der Waals surface area (Å²) < 4.78 is 9.48. The molecule has 0 saturated heterocycles. The predicted octanol–water partition coefficient (Wildman–Crippen LogP) is 4.93. The van der Waals surface area contributed by atoms with Crippen LogP contribution in [0.2, 0.25) is 0 Å². The van der Waals surface area contributed by atoms with E-state index in [1.165, 1.54) is 18.1 Å². The Morgan fingerprint density at radius 3 is 2.03 bits per heavy atom. The fraction of sp³-hybridized carbons (Fsp3) is 0.259. The van der Waals surface area contributed by atoms with Gasteiger partial charge < -0.3 is 13.9 Å². The van der Waals surface area contributed by atoms with Gasteiger partial charge in [0.25, 0.3) is 0 Å². The average molecular weight is 428 g/mol. The number of fused-ring (bicyclic) bond motifs is 1. The Kier molecular flexibility index (Phi) is 6.26. The van der Waals surface area contributed by atoms with Gasteiger partial charge in [-0.3, -0.25) is 10.2 Å². The van der Waals surface area contributed by atoms with Crippen LogP contribution >= 0.6 is 0 Å². The van der Waals surface area contributed by atoms with Gasteiger partial charge in [-0.2, -0.15) is 0 Å². The number of hydrogen-bond acceptors (Lipinski definition) is 3. The molecule has 0 aliphatic rings. The Morgan fingerprint density at radius 1 is 0.875 bits per heavy atom. The Bertz CT molecular complexity index is 1280. The van der Waals surface area contributed by atoms with Gasteiger partial charge in [-0.25, -0.2) is 0 Å². The molecular formula is C27H29N3O2. The van der Waals surface area contributed by atoms with Gasteiger partial charge >= 0.3 is 5.97 Å². The van der Waals surface area contributed by atoms with Crippen molar-refractivity contribution in [2.75, 3.05) is 6.61 Å². The maximum Gasteiger partial charge on any atom is 0.302 e. The molecule has 0 aliphatic carbocycles. The number of esters is 1. The maximum absolute atomic E-state index is 11.6. The molecule has 5 nitrogen and oxygen atoms in total. The Labute approximate surface area is 188 Å². The molecule has 1 N–H and O–H groups in total. The smallest absolute Gasteiger partial charge is 0.302 e. The molecule has 32 heavy (non-hydrogen) atoms. The highest BCUT2D eigenvalue weighted by molar-refractivity contribution is 5.76. The quantitative estimate of drug-likeness (QED) is 0.425. The standard InChI is InChI=1S/C27H29N3O2/c1-19-8-12-22(13-9-19)16-24(18-32-21(3)31)30-26-7-5-4-6-25(26)29(27(30)28)17-23-14-10-20(2)11-15-23/h4-15,24,28H,16-18H2,1-3H3. The summed E-state index contributed by atoms with van der Waals surface area (Å²) in [7, 11) is 0. The molecule has 1 unspecified atom stereocenters. The van der Waals surface area contributed by atoms with E-state index in [1.807, 2.05) is 33.4 Å². The van der Waals surface area contributed by atoms with Crippen LogP contribution < -0.4 is 5.62 Å². The molecule has 1 aromatic heterocycles. The molecule has 1 atom stereocenters. The third-order valence-corrected chi connectivity index (χ3v) is 5.81. The lowest BCUT2D eigenvalue weighted by Crippen LogP contribution is -2.31. The fourth-order valence-electron chi connectivity index (χ4n) is 4.09. The summed E-state index contributed by atoms with van der Waals surface area (Å²) in [5, 5.41) is 9.07. The van der Waals surface area contributed by atoms with Gasteiger partial charge in [0, 0.05) is 6.92 Å². The fourth-order valence-corrected chi connectivity index (χ4v) is 4.09. The molecule has 4 rings (SSSR count). The number of rotatable bonds is 7. The van der Waals surface area contributed by atoms with Crippen molar-refractivity contribution in [3.8, 4) is 0 Å². The number of imidazole rings is 1. The zero-order valence-electron chi connectivity index (χ0n) is 18.8. The zero-order valence-corrected chi connectivity index (χ0v) is 18.8. The van der Waals surface area contributed by atoms with Crippen molar-refractivity contribution in [1.82, 2.24) is 9.13 Å². The second-order valence-corrected chi connectivity index (χ2v) is 8.40. The van der Waals surface area contributed by atoms with E-state index >= 15 is 0 Å². The number of carbonyl (C=O) groups is 1. The highest BCUT2D eigenvalue weighted by Crippen LogP contribution is 2.22. The molecule has 3 aromatic carbocycles. The highest BCUT2D eigenvalue weighted by Gasteiger charge is 2.20. The molecule has 0 fully saturated rings. The second kappa shape index (κ2) is 9.27. The van der Waals surface area contributed by atoms with Crippen LogP contribution in [0.4, 0.5) is 0 Å². The third kappa shape index (κ3) is 4.67.